The van der Waals surface area contributed by atoms with Gasteiger partial charge < -0.3 is 14.5 Å². The maximum Gasteiger partial charge on any atom is 0.416 e. The van der Waals surface area contributed by atoms with Crippen molar-refractivity contribution in [3.05, 3.63) is 65.2 Å². The van der Waals surface area contributed by atoms with Crippen LogP contribution in [0.1, 0.15) is 69.6 Å². The first-order valence-corrected chi connectivity index (χ1v) is 15.1. The number of amides is 3. The van der Waals surface area contributed by atoms with E-state index in [2.05, 4.69) is 4.90 Å². The Morgan fingerprint density at radius 2 is 1.65 bits per heavy atom. The molecule has 2 saturated heterocycles. The molecule has 0 unspecified atom stereocenters. The van der Waals surface area contributed by atoms with Gasteiger partial charge in [-0.2, -0.15) is 13.2 Å². The fourth-order valence-electron chi connectivity index (χ4n) is 6.31. The van der Waals surface area contributed by atoms with Gasteiger partial charge in [-0.05, 0) is 94.2 Å². The van der Waals surface area contributed by atoms with Gasteiger partial charge in [0.25, 0.3) is 5.91 Å². The Labute approximate surface area is 251 Å². The summed E-state index contributed by atoms with van der Waals surface area (Å²) < 4.78 is 44.6. The van der Waals surface area contributed by atoms with Crippen molar-refractivity contribution in [3.8, 4) is 0 Å². The first-order valence-electron chi connectivity index (χ1n) is 15.1. The van der Waals surface area contributed by atoms with Gasteiger partial charge in [-0.25, -0.2) is 4.79 Å². The molecule has 10 heteroatoms. The van der Waals surface area contributed by atoms with Crippen molar-refractivity contribution < 1.29 is 32.3 Å². The number of urea groups is 1. The SMILES string of the molecule is CC(C)(C)OC(=O)Cc1cccc(N2CCC3(CC2)C(=O)N(CC2CCC2)C(=O)N3CCc2ccc(C(F)(F)F)cc2)c1. The lowest BCUT2D eigenvalue weighted by Gasteiger charge is -2.43. The highest BCUT2D eigenvalue weighted by Crippen LogP contribution is 2.40. The highest BCUT2D eigenvalue weighted by molar-refractivity contribution is 6.07. The molecule has 2 aromatic rings. The molecular weight excluding hydrogens is 559 g/mol. The fourth-order valence-corrected chi connectivity index (χ4v) is 6.31. The van der Waals surface area contributed by atoms with Crippen molar-refractivity contribution in [1.29, 1.82) is 0 Å². The first kappa shape index (κ1) is 30.9. The third-order valence-corrected chi connectivity index (χ3v) is 8.83. The van der Waals surface area contributed by atoms with E-state index in [1.165, 1.54) is 17.0 Å². The number of alkyl halides is 3. The molecule has 1 saturated carbocycles. The molecule has 1 spiro atoms. The molecular formula is C33H40F3N3O4. The van der Waals surface area contributed by atoms with E-state index in [1.807, 2.05) is 45.0 Å². The van der Waals surface area contributed by atoms with Crippen LogP contribution < -0.4 is 4.90 Å². The third kappa shape index (κ3) is 6.83. The fraction of sp³-hybridized carbons (Fsp3) is 0.545. The molecule has 1 aliphatic carbocycles. The standard InChI is InChI=1S/C33H40F3N3O4/c1-31(2,3)43-28(40)21-25-8-5-9-27(20-25)37-18-15-32(16-19-37)29(41)38(22-24-6-4-7-24)30(42)39(32)17-14-23-10-12-26(13-11-23)33(34,35)36/h5,8-13,20,24H,4,6-7,14-19,21-22H2,1-3H3. The summed E-state index contributed by atoms with van der Waals surface area (Å²) in [5.74, 6) is -0.129. The van der Waals surface area contributed by atoms with E-state index in [0.717, 1.165) is 42.6 Å². The van der Waals surface area contributed by atoms with Crippen LogP contribution in [0.15, 0.2) is 48.5 Å². The average Bonchev–Trinajstić information content (AvgIpc) is 3.09. The van der Waals surface area contributed by atoms with E-state index < -0.39 is 22.9 Å². The van der Waals surface area contributed by atoms with Crippen LogP contribution in [0.4, 0.5) is 23.7 Å². The van der Waals surface area contributed by atoms with Crippen LogP contribution in [-0.4, -0.2) is 65.0 Å². The number of carbonyl (C=O) groups is 3. The second kappa shape index (κ2) is 11.8. The van der Waals surface area contributed by atoms with Crippen LogP contribution in [0, 0.1) is 5.92 Å². The predicted octanol–water partition coefficient (Wildman–Crippen LogP) is 6.24. The van der Waals surface area contributed by atoms with Gasteiger partial charge in [0.1, 0.15) is 11.1 Å². The molecule has 43 heavy (non-hydrogen) atoms. The van der Waals surface area contributed by atoms with Gasteiger partial charge in [0.2, 0.25) is 0 Å². The molecule has 3 aliphatic rings. The van der Waals surface area contributed by atoms with Crippen molar-refractivity contribution in [2.24, 2.45) is 5.92 Å². The van der Waals surface area contributed by atoms with Crippen LogP contribution in [0.2, 0.25) is 0 Å². The van der Waals surface area contributed by atoms with Crippen molar-refractivity contribution in [2.45, 2.75) is 83.0 Å². The molecule has 0 radical (unpaired) electrons. The minimum Gasteiger partial charge on any atom is -0.460 e. The number of esters is 1. The molecule has 0 atom stereocenters. The number of imide groups is 1. The Hall–Kier alpha value is -3.56. The summed E-state index contributed by atoms with van der Waals surface area (Å²) in [4.78, 5) is 45.3. The van der Waals surface area contributed by atoms with E-state index in [0.29, 0.717) is 50.4 Å². The smallest absolute Gasteiger partial charge is 0.416 e. The van der Waals surface area contributed by atoms with Crippen LogP contribution in [0.25, 0.3) is 0 Å². The molecule has 7 nitrogen and oxygen atoms in total. The Morgan fingerprint density at radius 3 is 2.23 bits per heavy atom. The molecule has 2 aliphatic heterocycles. The molecule has 0 bridgehead atoms. The van der Waals surface area contributed by atoms with Gasteiger partial charge >= 0.3 is 18.2 Å². The van der Waals surface area contributed by atoms with Crippen LogP contribution in [0.3, 0.4) is 0 Å². The monoisotopic (exact) mass is 599 g/mol. The van der Waals surface area contributed by atoms with E-state index in [1.54, 1.807) is 4.90 Å². The largest absolute Gasteiger partial charge is 0.460 e. The van der Waals surface area contributed by atoms with Crippen LogP contribution in [0.5, 0.6) is 0 Å². The van der Waals surface area contributed by atoms with Crippen molar-refractivity contribution in [1.82, 2.24) is 9.80 Å². The van der Waals surface area contributed by atoms with Crippen molar-refractivity contribution in [2.75, 3.05) is 31.1 Å². The average molecular weight is 600 g/mol. The van der Waals surface area contributed by atoms with Gasteiger partial charge in [0.05, 0.1) is 12.0 Å². The Kier molecular flexibility index (Phi) is 8.51. The Morgan fingerprint density at radius 1 is 0.977 bits per heavy atom. The number of carbonyl (C=O) groups excluding carboxylic acids is 3. The first-order chi connectivity index (χ1) is 20.2. The number of rotatable bonds is 8. The van der Waals surface area contributed by atoms with Crippen LogP contribution in [-0.2, 0) is 33.3 Å². The summed E-state index contributed by atoms with van der Waals surface area (Å²) in [5, 5.41) is 0. The number of hydrogen-bond acceptors (Lipinski definition) is 5. The summed E-state index contributed by atoms with van der Waals surface area (Å²) in [7, 11) is 0. The number of piperidine rings is 1. The normalized spacial score (nSPS) is 19.3. The van der Waals surface area contributed by atoms with Crippen LogP contribution >= 0.6 is 0 Å². The lowest BCUT2D eigenvalue weighted by Crippen LogP contribution is -2.57. The molecule has 0 N–H and O–H groups in total. The molecule has 5 rings (SSSR count). The zero-order valence-corrected chi connectivity index (χ0v) is 25.1. The summed E-state index contributed by atoms with van der Waals surface area (Å²) in [6.07, 6.45) is 0.100. The zero-order chi connectivity index (χ0) is 31.0. The second-order valence-electron chi connectivity index (χ2n) is 13.0. The lowest BCUT2D eigenvalue weighted by atomic mass is 9.83. The predicted molar refractivity (Wildman–Crippen MR) is 156 cm³/mol. The highest BCUT2D eigenvalue weighted by atomic mass is 19.4. The lowest BCUT2D eigenvalue weighted by molar-refractivity contribution is -0.154. The van der Waals surface area contributed by atoms with Gasteiger partial charge in [-0.15, -0.1) is 0 Å². The summed E-state index contributed by atoms with van der Waals surface area (Å²) in [6.45, 7) is 7.27. The number of anilines is 1. The summed E-state index contributed by atoms with van der Waals surface area (Å²) in [5.41, 5.74) is 0.206. The summed E-state index contributed by atoms with van der Waals surface area (Å²) >= 11 is 0. The summed E-state index contributed by atoms with van der Waals surface area (Å²) in [6, 6.07) is 12.4. The molecule has 2 heterocycles. The topological polar surface area (TPSA) is 70.2 Å². The number of benzene rings is 2. The van der Waals surface area contributed by atoms with E-state index >= 15 is 0 Å². The van der Waals surface area contributed by atoms with E-state index in [4.69, 9.17) is 4.74 Å². The van der Waals surface area contributed by atoms with Gasteiger partial charge in [0, 0.05) is 31.9 Å². The van der Waals surface area contributed by atoms with E-state index in [9.17, 15) is 27.6 Å². The van der Waals surface area contributed by atoms with Gasteiger partial charge in [-0.1, -0.05) is 30.7 Å². The quantitative estimate of drug-likeness (QED) is 0.266. The molecule has 0 aromatic heterocycles. The number of nitrogens with zero attached hydrogens (tertiary/aromatic N) is 3. The van der Waals surface area contributed by atoms with Gasteiger partial charge in [0.15, 0.2) is 0 Å². The second-order valence-corrected chi connectivity index (χ2v) is 13.0. The number of hydrogen-bond donors (Lipinski definition) is 0. The third-order valence-electron chi connectivity index (χ3n) is 8.83. The minimum atomic E-state index is -4.41. The molecule has 3 amide bonds. The zero-order valence-electron chi connectivity index (χ0n) is 25.1. The molecule has 3 fully saturated rings. The maximum atomic E-state index is 13.9. The Bertz CT molecular complexity index is 1340. The number of halogens is 3. The van der Waals surface area contributed by atoms with Gasteiger partial charge in [-0.3, -0.25) is 14.5 Å². The van der Waals surface area contributed by atoms with E-state index in [-0.39, 0.29) is 30.9 Å². The minimum absolute atomic E-state index is 0.156. The Balaban J connectivity index is 1.30. The number of ether oxygens (including phenoxy) is 1. The van der Waals surface area contributed by atoms with Crippen molar-refractivity contribution >= 4 is 23.6 Å². The highest BCUT2D eigenvalue weighted by Gasteiger charge is 2.58. The molecule has 232 valence electrons. The molecule has 2 aromatic carbocycles. The van der Waals surface area contributed by atoms with Crippen molar-refractivity contribution in [3.63, 3.8) is 0 Å². The maximum absolute atomic E-state index is 13.9.